The van der Waals surface area contributed by atoms with Gasteiger partial charge in [0, 0.05) is 13.0 Å². The Morgan fingerprint density at radius 3 is 2.50 bits per heavy atom. The smallest absolute Gasteiger partial charge is 0.336 e. The molecular formula is C24H29N3O3. The fraction of sp³-hybridized carbons (Fsp3) is 0.375. The molecule has 3 rings (SSSR count). The number of hydrogen-bond donors (Lipinski definition) is 1. The molecule has 0 amide bonds. The van der Waals surface area contributed by atoms with E-state index < -0.39 is 5.97 Å². The Labute approximate surface area is 177 Å². The van der Waals surface area contributed by atoms with Crippen molar-refractivity contribution in [1.29, 1.82) is 0 Å². The molecule has 0 bridgehead atoms. The first-order valence-corrected chi connectivity index (χ1v) is 10.6. The minimum atomic E-state index is -0.922. The van der Waals surface area contributed by atoms with Crippen molar-refractivity contribution in [3.05, 3.63) is 65.5 Å². The van der Waals surface area contributed by atoms with Crippen LogP contribution in [-0.2, 0) is 13.0 Å². The van der Waals surface area contributed by atoms with Gasteiger partial charge in [-0.05, 0) is 35.6 Å². The van der Waals surface area contributed by atoms with Gasteiger partial charge in [-0.25, -0.2) is 9.48 Å². The quantitative estimate of drug-likeness (QED) is 0.441. The van der Waals surface area contributed by atoms with Crippen LogP contribution in [0.3, 0.4) is 0 Å². The first-order chi connectivity index (χ1) is 14.6. The summed E-state index contributed by atoms with van der Waals surface area (Å²) in [7, 11) is 0. The van der Waals surface area contributed by atoms with Crippen LogP contribution in [0.2, 0.25) is 0 Å². The van der Waals surface area contributed by atoms with Gasteiger partial charge in [0.15, 0.2) is 0 Å². The van der Waals surface area contributed by atoms with Crippen LogP contribution in [0, 0.1) is 0 Å². The summed E-state index contributed by atoms with van der Waals surface area (Å²) in [6.45, 7) is 5.68. The average molecular weight is 408 g/mol. The number of unbranched alkanes of at least 4 members (excludes halogenated alkanes) is 2. The lowest BCUT2D eigenvalue weighted by molar-refractivity contribution is 0.0697. The Bertz CT molecular complexity index is 964. The number of rotatable bonds is 11. The van der Waals surface area contributed by atoms with Gasteiger partial charge in [0.05, 0.1) is 12.2 Å². The molecule has 0 atom stereocenters. The molecule has 6 nitrogen and oxygen atoms in total. The van der Waals surface area contributed by atoms with E-state index in [1.807, 2.05) is 41.1 Å². The Kier molecular flexibility index (Phi) is 7.60. The normalized spacial score (nSPS) is 10.9. The summed E-state index contributed by atoms with van der Waals surface area (Å²) >= 11 is 0. The molecule has 0 radical (unpaired) electrons. The standard InChI is InChI=1S/C24H29N3O3/c1-3-5-8-15-27-22(25-24(26-27)30-16-4-2)17-18-11-13-19(14-12-18)20-9-6-7-10-21(20)23(28)29/h6-7,9-14H,3-5,8,15-17H2,1-2H3,(H,28,29). The molecule has 2 aromatic carbocycles. The van der Waals surface area contributed by atoms with Gasteiger partial charge in [0.1, 0.15) is 5.82 Å². The van der Waals surface area contributed by atoms with E-state index in [0.29, 0.717) is 24.6 Å². The maximum atomic E-state index is 11.5. The Hall–Kier alpha value is -3.15. The van der Waals surface area contributed by atoms with Crippen LogP contribution in [0.4, 0.5) is 0 Å². The number of carboxylic acids is 1. The second-order valence-electron chi connectivity index (χ2n) is 7.31. The summed E-state index contributed by atoms with van der Waals surface area (Å²) in [5.74, 6) is -0.0367. The molecule has 1 aromatic heterocycles. The van der Waals surface area contributed by atoms with Crippen molar-refractivity contribution in [2.45, 2.75) is 52.5 Å². The van der Waals surface area contributed by atoms with Crippen LogP contribution in [0.1, 0.15) is 61.3 Å². The third kappa shape index (κ3) is 5.47. The van der Waals surface area contributed by atoms with Crippen molar-refractivity contribution in [3.8, 4) is 17.1 Å². The molecule has 1 N–H and O–H groups in total. The number of carboxylic acid groups (broad SMARTS) is 1. The number of aromatic nitrogens is 3. The highest BCUT2D eigenvalue weighted by Crippen LogP contribution is 2.25. The first kappa shape index (κ1) is 21.6. The number of nitrogens with zero attached hydrogens (tertiary/aromatic N) is 3. The fourth-order valence-electron chi connectivity index (χ4n) is 3.33. The highest BCUT2D eigenvalue weighted by molar-refractivity contribution is 5.95. The summed E-state index contributed by atoms with van der Waals surface area (Å²) < 4.78 is 7.59. The molecule has 3 aromatic rings. The van der Waals surface area contributed by atoms with Crippen LogP contribution in [0.15, 0.2) is 48.5 Å². The lowest BCUT2D eigenvalue weighted by atomic mass is 9.98. The van der Waals surface area contributed by atoms with E-state index in [1.54, 1.807) is 12.1 Å². The van der Waals surface area contributed by atoms with Gasteiger partial charge >= 0.3 is 12.0 Å². The lowest BCUT2D eigenvalue weighted by Crippen LogP contribution is -2.07. The molecular weight excluding hydrogens is 378 g/mol. The maximum Gasteiger partial charge on any atom is 0.336 e. The topological polar surface area (TPSA) is 77.2 Å². The molecule has 158 valence electrons. The third-order valence-electron chi connectivity index (χ3n) is 4.92. The molecule has 0 unspecified atom stereocenters. The van der Waals surface area contributed by atoms with E-state index in [-0.39, 0.29) is 0 Å². The van der Waals surface area contributed by atoms with Crippen molar-refractivity contribution in [1.82, 2.24) is 14.8 Å². The molecule has 0 aliphatic heterocycles. The van der Waals surface area contributed by atoms with Gasteiger partial charge in [0.25, 0.3) is 0 Å². The number of hydrogen-bond acceptors (Lipinski definition) is 4. The lowest BCUT2D eigenvalue weighted by Gasteiger charge is -2.08. The van der Waals surface area contributed by atoms with Crippen molar-refractivity contribution in [3.63, 3.8) is 0 Å². The largest absolute Gasteiger partial charge is 0.478 e. The Balaban J connectivity index is 1.79. The molecule has 30 heavy (non-hydrogen) atoms. The second-order valence-corrected chi connectivity index (χ2v) is 7.31. The van der Waals surface area contributed by atoms with E-state index in [0.717, 1.165) is 54.7 Å². The van der Waals surface area contributed by atoms with Crippen LogP contribution in [-0.4, -0.2) is 32.4 Å². The van der Waals surface area contributed by atoms with Crippen LogP contribution in [0.25, 0.3) is 11.1 Å². The van der Waals surface area contributed by atoms with E-state index in [9.17, 15) is 9.90 Å². The minimum absolute atomic E-state index is 0.304. The SMILES string of the molecule is CCCCCn1nc(OCCC)nc1Cc1ccc(-c2ccccc2C(=O)O)cc1. The number of aryl methyl sites for hydroxylation is 1. The van der Waals surface area contributed by atoms with Crippen LogP contribution >= 0.6 is 0 Å². The summed E-state index contributed by atoms with van der Waals surface area (Å²) in [5.41, 5.74) is 3.00. The molecule has 0 aliphatic rings. The molecule has 6 heteroatoms. The van der Waals surface area contributed by atoms with Gasteiger partial charge in [-0.3, -0.25) is 0 Å². The molecule has 0 spiro atoms. The molecule has 0 saturated heterocycles. The van der Waals surface area contributed by atoms with Gasteiger partial charge in [-0.2, -0.15) is 4.98 Å². The summed E-state index contributed by atoms with van der Waals surface area (Å²) in [6, 6.07) is 15.5. The number of carbonyl (C=O) groups is 1. The fourth-order valence-corrected chi connectivity index (χ4v) is 3.33. The number of benzene rings is 2. The number of ether oxygens (including phenoxy) is 1. The van der Waals surface area contributed by atoms with E-state index >= 15 is 0 Å². The van der Waals surface area contributed by atoms with Gasteiger partial charge < -0.3 is 9.84 Å². The summed E-state index contributed by atoms with van der Waals surface area (Å²) in [6.07, 6.45) is 4.93. The minimum Gasteiger partial charge on any atom is -0.478 e. The highest BCUT2D eigenvalue weighted by Gasteiger charge is 2.13. The van der Waals surface area contributed by atoms with Crippen molar-refractivity contribution in [2.75, 3.05) is 6.61 Å². The zero-order chi connectivity index (χ0) is 21.3. The monoisotopic (exact) mass is 407 g/mol. The molecule has 0 saturated carbocycles. The van der Waals surface area contributed by atoms with Gasteiger partial charge in [-0.15, -0.1) is 5.10 Å². The Morgan fingerprint density at radius 2 is 1.80 bits per heavy atom. The van der Waals surface area contributed by atoms with E-state index in [4.69, 9.17) is 4.74 Å². The molecule has 1 heterocycles. The maximum absolute atomic E-state index is 11.5. The van der Waals surface area contributed by atoms with E-state index in [2.05, 4.69) is 23.9 Å². The molecule has 0 fully saturated rings. The van der Waals surface area contributed by atoms with Gasteiger partial charge in [-0.1, -0.05) is 69.2 Å². The van der Waals surface area contributed by atoms with E-state index in [1.165, 1.54) is 0 Å². The highest BCUT2D eigenvalue weighted by atomic mass is 16.5. The second kappa shape index (κ2) is 10.6. The third-order valence-corrected chi connectivity index (χ3v) is 4.92. The van der Waals surface area contributed by atoms with Crippen molar-refractivity contribution < 1.29 is 14.6 Å². The summed E-state index contributed by atoms with van der Waals surface area (Å²) in [4.78, 5) is 16.1. The predicted octanol–water partition coefficient (Wildman–Crippen LogP) is 5.21. The Morgan fingerprint density at radius 1 is 1.03 bits per heavy atom. The zero-order valence-electron chi connectivity index (χ0n) is 17.7. The molecule has 0 aliphatic carbocycles. The zero-order valence-corrected chi connectivity index (χ0v) is 17.7. The average Bonchev–Trinajstić information content (AvgIpc) is 3.14. The van der Waals surface area contributed by atoms with Crippen LogP contribution < -0.4 is 4.74 Å². The first-order valence-electron chi connectivity index (χ1n) is 10.6. The summed E-state index contributed by atoms with van der Waals surface area (Å²) in [5, 5.41) is 14.0. The van der Waals surface area contributed by atoms with Crippen molar-refractivity contribution >= 4 is 5.97 Å². The van der Waals surface area contributed by atoms with Crippen LogP contribution in [0.5, 0.6) is 6.01 Å². The number of aromatic carboxylic acids is 1. The van der Waals surface area contributed by atoms with Crippen molar-refractivity contribution in [2.24, 2.45) is 0 Å². The predicted molar refractivity (Wildman–Crippen MR) is 117 cm³/mol. The van der Waals surface area contributed by atoms with Gasteiger partial charge in [0.2, 0.25) is 0 Å².